The van der Waals surface area contributed by atoms with Gasteiger partial charge in [0.1, 0.15) is 0 Å². The van der Waals surface area contributed by atoms with Gasteiger partial charge >= 0.3 is 0 Å². The van der Waals surface area contributed by atoms with E-state index in [1.54, 1.807) is 0 Å². The van der Waals surface area contributed by atoms with Crippen LogP contribution in [0, 0.1) is 5.92 Å². The maximum atomic E-state index is 5.82. The summed E-state index contributed by atoms with van der Waals surface area (Å²) in [6.45, 7) is 1.79. The molecule has 0 amide bonds. The highest BCUT2D eigenvalue weighted by molar-refractivity contribution is 5.27. The first kappa shape index (κ1) is 13.0. The van der Waals surface area contributed by atoms with Crippen molar-refractivity contribution in [1.29, 1.82) is 0 Å². The third-order valence-electron chi connectivity index (χ3n) is 4.55. The Morgan fingerprint density at radius 3 is 3.21 bits per heavy atom. The summed E-state index contributed by atoms with van der Waals surface area (Å²) in [4.78, 5) is 4.62. The summed E-state index contributed by atoms with van der Waals surface area (Å²) in [5.74, 6) is 6.92. The van der Waals surface area contributed by atoms with E-state index in [0.717, 1.165) is 26.1 Å². The molecule has 19 heavy (non-hydrogen) atoms. The van der Waals surface area contributed by atoms with Crippen LogP contribution in [0.25, 0.3) is 0 Å². The first-order chi connectivity index (χ1) is 9.38. The van der Waals surface area contributed by atoms with E-state index < -0.39 is 0 Å². The molecule has 3 rings (SSSR count). The van der Waals surface area contributed by atoms with E-state index in [9.17, 15) is 0 Å². The number of nitrogens with two attached hydrogens (primary N) is 1. The predicted octanol–water partition coefficient (Wildman–Crippen LogP) is 1.76. The highest BCUT2D eigenvalue weighted by atomic mass is 16.5. The summed E-state index contributed by atoms with van der Waals surface area (Å²) in [5, 5.41) is 0. The number of nitrogens with zero attached hydrogens (tertiary/aromatic N) is 1. The smallest absolute Gasteiger partial charge is 0.0495 e. The lowest BCUT2D eigenvalue weighted by Crippen LogP contribution is -2.42. The van der Waals surface area contributed by atoms with Gasteiger partial charge in [0.05, 0.1) is 0 Å². The second kappa shape index (κ2) is 5.99. The fraction of sp³-hybridized carbons (Fsp3) is 0.667. The second-order valence-corrected chi connectivity index (χ2v) is 5.78. The fourth-order valence-corrected chi connectivity index (χ4v) is 3.51. The molecule has 3 atom stereocenters. The molecular weight excluding hydrogens is 238 g/mol. The van der Waals surface area contributed by atoms with Gasteiger partial charge in [-0.2, -0.15) is 0 Å². The highest BCUT2D eigenvalue weighted by Gasteiger charge is 2.31. The average Bonchev–Trinajstić information content (AvgIpc) is 2.97. The molecular formula is C15H23N3O. The SMILES string of the molecule is NNC(CC1CCOC1)C1CCCc2cccnc21. The van der Waals surface area contributed by atoms with Crippen LogP contribution in [0.5, 0.6) is 0 Å². The Balaban J connectivity index is 1.76. The van der Waals surface area contributed by atoms with Gasteiger partial charge < -0.3 is 4.74 Å². The molecule has 0 aromatic carbocycles. The number of pyridine rings is 1. The average molecular weight is 261 g/mol. The van der Waals surface area contributed by atoms with Crippen LogP contribution in [0.1, 0.15) is 42.9 Å². The second-order valence-electron chi connectivity index (χ2n) is 5.78. The number of nitrogens with one attached hydrogen (secondary N) is 1. The molecule has 1 saturated heterocycles. The largest absolute Gasteiger partial charge is 0.381 e. The van der Waals surface area contributed by atoms with E-state index >= 15 is 0 Å². The summed E-state index contributed by atoms with van der Waals surface area (Å²) >= 11 is 0. The zero-order valence-corrected chi connectivity index (χ0v) is 11.3. The maximum absolute atomic E-state index is 5.82. The molecule has 4 nitrogen and oxygen atoms in total. The van der Waals surface area contributed by atoms with Gasteiger partial charge in [0.15, 0.2) is 0 Å². The zero-order chi connectivity index (χ0) is 13.1. The van der Waals surface area contributed by atoms with Gasteiger partial charge in [0.2, 0.25) is 0 Å². The molecule has 0 radical (unpaired) electrons. The minimum atomic E-state index is 0.320. The summed E-state index contributed by atoms with van der Waals surface area (Å²) < 4.78 is 5.48. The molecule has 3 N–H and O–H groups in total. The predicted molar refractivity (Wildman–Crippen MR) is 74.6 cm³/mol. The molecule has 1 aromatic heterocycles. The lowest BCUT2D eigenvalue weighted by molar-refractivity contribution is 0.179. The van der Waals surface area contributed by atoms with Crippen molar-refractivity contribution in [3.63, 3.8) is 0 Å². The lowest BCUT2D eigenvalue weighted by atomic mass is 9.79. The normalized spacial score (nSPS) is 28.1. The molecule has 1 aliphatic heterocycles. The minimum Gasteiger partial charge on any atom is -0.381 e. The Hall–Kier alpha value is -0.970. The van der Waals surface area contributed by atoms with E-state index in [-0.39, 0.29) is 0 Å². The summed E-state index contributed by atoms with van der Waals surface area (Å²) in [6, 6.07) is 4.57. The minimum absolute atomic E-state index is 0.320. The Bertz CT molecular complexity index is 418. The monoisotopic (exact) mass is 261 g/mol. The van der Waals surface area contributed by atoms with E-state index in [1.807, 2.05) is 12.3 Å². The van der Waals surface area contributed by atoms with Gasteiger partial charge in [0.25, 0.3) is 0 Å². The molecule has 3 unspecified atom stereocenters. The van der Waals surface area contributed by atoms with Crippen LogP contribution in [0.4, 0.5) is 0 Å². The number of rotatable bonds is 4. The molecule has 1 aromatic rings. The zero-order valence-electron chi connectivity index (χ0n) is 11.3. The van der Waals surface area contributed by atoms with Gasteiger partial charge in [0, 0.05) is 37.1 Å². The van der Waals surface area contributed by atoms with Gasteiger partial charge in [-0.05, 0) is 49.7 Å². The molecule has 0 bridgehead atoms. The summed E-state index contributed by atoms with van der Waals surface area (Å²) in [5.41, 5.74) is 5.71. The van der Waals surface area contributed by atoms with Gasteiger partial charge in [-0.25, -0.2) is 0 Å². The summed E-state index contributed by atoms with van der Waals surface area (Å²) in [6.07, 6.45) is 7.75. The van der Waals surface area contributed by atoms with E-state index in [4.69, 9.17) is 10.6 Å². The van der Waals surface area contributed by atoms with Gasteiger partial charge in [-0.3, -0.25) is 16.3 Å². The van der Waals surface area contributed by atoms with E-state index in [2.05, 4.69) is 16.5 Å². The van der Waals surface area contributed by atoms with Gasteiger partial charge in [-0.15, -0.1) is 0 Å². The van der Waals surface area contributed by atoms with E-state index in [0.29, 0.717) is 17.9 Å². The molecule has 4 heteroatoms. The molecule has 1 fully saturated rings. The van der Waals surface area contributed by atoms with Crippen LogP contribution in [0.3, 0.4) is 0 Å². The molecule has 0 spiro atoms. The van der Waals surface area contributed by atoms with Crippen molar-refractivity contribution >= 4 is 0 Å². The number of fused-ring (bicyclic) bond motifs is 1. The number of hydrazine groups is 1. The maximum Gasteiger partial charge on any atom is 0.0495 e. The molecule has 2 aliphatic rings. The summed E-state index contributed by atoms with van der Waals surface area (Å²) in [7, 11) is 0. The van der Waals surface area contributed by atoms with Crippen molar-refractivity contribution in [3.8, 4) is 0 Å². The molecule has 1 aliphatic carbocycles. The highest BCUT2D eigenvalue weighted by Crippen LogP contribution is 2.35. The van der Waals surface area contributed by atoms with Crippen molar-refractivity contribution in [1.82, 2.24) is 10.4 Å². The number of hydrogen-bond acceptors (Lipinski definition) is 4. The third-order valence-corrected chi connectivity index (χ3v) is 4.55. The Morgan fingerprint density at radius 1 is 1.47 bits per heavy atom. The van der Waals surface area contributed by atoms with Crippen LogP contribution in [0.2, 0.25) is 0 Å². The first-order valence-electron chi connectivity index (χ1n) is 7.36. The van der Waals surface area contributed by atoms with Crippen LogP contribution in [0.15, 0.2) is 18.3 Å². The fourth-order valence-electron chi connectivity index (χ4n) is 3.51. The topological polar surface area (TPSA) is 60.2 Å². The lowest BCUT2D eigenvalue weighted by Gasteiger charge is -2.32. The number of aromatic nitrogens is 1. The van der Waals surface area contributed by atoms with Gasteiger partial charge in [-0.1, -0.05) is 6.07 Å². The van der Waals surface area contributed by atoms with E-state index in [1.165, 1.54) is 30.5 Å². The number of ether oxygens (including phenoxy) is 1. The van der Waals surface area contributed by atoms with Crippen LogP contribution in [-0.2, 0) is 11.2 Å². The van der Waals surface area contributed by atoms with Crippen molar-refractivity contribution in [2.45, 2.75) is 44.1 Å². The van der Waals surface area contributed by atoms with Crippen LogP contribution >= 0.6 is 0 Å². The standard InChI is InChI=1S/C15H23N3O/c16-18-14(9-11-6-8-19-10-11)13-5-1-3-12-4-2-7-17-15(12)13/h2,4,7,11,13-14,18H,1,3,5-6,8-10,16H2. The molecule has 2 heterocycles. The first-order valence-corrected chi connectivity index (χ1v) is 7.36. The Labute approximate surface area is 114 Å². The molecule has 0 saturated carbocycles. The Morgan fingerprint density at radius 2 is 2.42 bits per heavy atom. The van der Waals surface area contributed by atoms with Crippen LogP contribution in [-0.4, -0.2) is 24.2 Å². The molecule has 104 valence electrons. The Kier molecular flexibility index (Phi) is 4.11. The number of hydrogen-bond donors (Lipinski definition) is 2. The van der Waals surface area contributed by atoms with Crippen molar-refractivity contribution in [2.75, 3.05) is 13.2 Å². The number of aryl methyl sites for hydroxylation is 1. The quantitative estimate of drug-likeness (QED) is 0.640. The van der Waals surface area contributed by atoms with Crippen molar-refractivity contribution < 1.29 is 4.74 Å². The van der Waals surface area contributed by atoms with Crippen molar-refractivity contribution in [3.05, 3.63) is 29.6 Å². The third kappa shape index (κ3) is 2.81. The van der Waals surface area contributed by atoms with Crippen LogP contribution < -0.4 is 11.3 Å². The van der Waals surface area contributed by atoms with Crippen molar-refractivity contribution in [2.24, 2.45) is 11.8 Å².